The second-order valence-corrected chi connectivity index (χ2v) is 6.20. The molecule has 4 unspecified atom stereocenters. The van der Waals surface area contributed by atoms with Gasteiger partial charge in [0.05, 0.1) is 17.9 Å². The van der Waals surface area contributed by atoms with Crippen LogP contribution < -0.4 is 5.32 Å². The number of aliphatic hydroxyl groups is 1. The molecule has 1 aliphatic heterocycles. The molecular formula is C13H21NO5. The van der Waals surface area contributed by atoms with Crippen LogP contribution in [0, 0.1) is 17.3 Å². The van der Waals surface area contributed by atoms with Gasteiger partial charge in [-0.2, -0.15) is 0 Å². The molecule has 1 saturated heterocycles. The fraction of sp³-hybridized carbons (Fsp3) is 0.846. The predicted octanol–water partition coefficient (Wildman–Crippen LogP) is -0.000700. The number of carboxylic acids is 1. The minimum Gasteiger partial charge on any atom is -0.481 e. The van der Waals surface area contributed by atoms with Crippen molar-refractivity contribution in [2.45, 2.75) is 38.9 Å². The number of carbonyl (C=O) groups excluding carboxylic acids is 1. The zero-order valence-electron chi connectivity index (χ0n) is 11.5. The molecule has 19 heavy (non-hydrogen) atoms. The van der Waals surface area contributed by atoms with Gasteiger partial charge in [0.15, 0.2) is 0 Å². The fourth-order valence-electron chi connectivity index (χ4n) is 2.94. The smallest absolute Gasteiger partial charge is 0.307 e. The number of rotatable bonds is 4. The molecule has 6 heteroatoms. The molecule has 1 heterocycles. The van der Waals surface area contributed by atoms with Crippen LogP contribution >= 0.6 is 0 Å². The first-order valence-corrected chi connectivity index (χ1v) is 6.54. The summed E-state index contributed by atoms with van der Waals surface area (Å²) in [4.78, 5) is 23.0. The molecule has 0 aromatic carbocycles. The first-order valence-electron chi connectivity index (χ1n) is 6.54. The molecule has 0 aromatic rings. The van der Waals surface area contributed by atoms with E-state index in [1.165, 1.54) is 0 Å². The molecule has 1 saturated carbocycles. The molecule has 0 bridgehead atoms. The third kappa shape index (κ3) is 2.34. The summed E-state index contributed by atoms with van der Waals surface area (Å²) < 4.78 is 5.28. The summed E-state index contributed by atoms with van der Waals surface area (Å²) in [7, 11) is 0. The maximum atomic E-state index is 12.0. The van der Waals surface area contributed by atoms with Crippen LogP contribution in [0.5, 0.6) is 0 Å². The van der Waals surface area contributed by atoms with Crippen molar-refractivity contribution in [1.82, 2.24) is 5.32 Å². The first-order chi connectivity index (χ1) is 8.70. The van der Waals surface area contributed by atoms with Gasteiger partial charge in [0.2, 0.25) is 5.91 Å². The van der Waals surface area contributed by atoms with Crippen LogP contribution in [-0.2, 0) is 14.3 Å². The second kappa shape index (κ2) is 4.45. The highest BCUT2D eigenvalue weighted by Crippen LogP contribution is 2.58. The Morgan fingerprint density at radius 3 is 2.42 bits per heavy atom. The average molecular weight is 271 g/mol. The molecule has 6 nitrogen and oxygen atoms in total. The fourth-order valence-corrected chi connectivity index (χ4v) is 2.94. The van der Waals surface area contributed by atoms with E-state index in [2.05, 4.69) is 5.32 Å². The number of amides is 1. The van der Waals surface area contributed by atoms with Gasteiger partial charge in [0, 0.05) is 19.6 Å². The van der Waals surface area contributed by atoms with Crippen molar-refractivity contribution in [2.24, 2.45) is 17.3 Å². The molecule has 2 fully saturated rings. The number of carboxylic acid groups (broad SMARTS) is 1. The molecule has 0 aromatic heterocycles. The van der Waals surface area contributed by atoms with E-state index in [0.29, 0.717) is 13.0 Å². The number of ether oxygens (including phenoxy) is 1. The Balaban J connectivity index is 1.91. The number of nitrogens with one attached hydrogen (secondary N) is 1. The van der Waals surface area contributed by atoms with Gasteiger partial charge in [0.1, 0.15) is 5.60 Å². The molecule has 108 valence electrons. The predicted molar refractivity (Wildman–Crippen MR) is 66.4 cm³/mol. The van der Waals surface area contributed by atoms with E-state index in [1.807, 2.05) is 0 Å². The van der Waals surface area contributed by atoms with Crippen LogP contribution in [0.15, 0.2) is 0 Å². The Morgan fingerprint density at radius 2 is 2.00 bits per heavy atom. The van der Waals surface area contributed by atoms with Crippen molar-refractivity contribution >= 4 is 11.9 Å². The molecular weight excluding hydrogens is 250 g/mol. The highest BCUT2D eigenvalue weighted by molar-refractivity contribution is 5.91. The van der Waals surface area contributed by atoms with E-state index >= 15 is 0 Å². The van der Waals surface area contributed by atoms with Crippen LogP contribution in [0.1, 0.15) is 27.2 Å². The minimum absolute atomic E-state index is 0.103. The summed E-state index contributed by atoms with van der Waals surface area (Å²) in [5.41, 5.74) is -1.57. The van der Waals surface area contributed by atoms with Gasteiger partial charge >= 0.3 is 5.97 Å². The zero-order valence-corrected chi connectivity index (χ0v) is 11.5. The van der Waals surface area contributed by atoms with Crippen LogP contribution in [-0.4, -0.2) is 46.9 Å². The Labute approximate surface area is 112 Å². The second-order valence-electron chi connectivity index (χ2n) is 6.20. The lowest BCUT2D eigenvalue weighted by Crippen LogP contribution is -2.48. The van der Waals surface area contributed by atoms with Gasteiger partial charge in [0.25, 0.3) is 0 Å². The van der Waals surface area contributed by atoms with Crippen molar-refractivity contribution in [1.29, 1.82) is 0 Å². The van der Waals surface area contributed by atoms with Crippen molar-refractivity contribution < 1.29 is 24.5 Å². The lowest BCUT2D eigenvalue weighted by Gasteiger charge is -2.26. The zero-order chi connectivity index (χ0) is 14.4. The molecule has 3 N–H and O–H groups in total. The Morgan fingerprint density at radius 1 is 1.37 bits per heavy atom. The third-order valence-electron chi connectivity index (χ3n) is 4.60. The van der Waals surface area contributed by atoms with Crippen LogP contribution in [0.4, 0.5) is 0 Å². The third-order valence-corrected chi connectivity index (χ3v) is 4.60. The molecule has 4 atom stereocenters. The summed E-state index contributed by atoms with van der Waals surface area (Å²) in [6.45, 7) is 5.88. The van der Waals surface area contributed by atoms with Gasteiger partial charge in [-0.05, 0) is 12.3 Å². The maximum absolute atomic E-state index is 12.0. The van der Waals surface area contributed by atoms with Gasteiger partial charge < -0.3 is 20.3 Å². The molecule has 2 rings (SSSR count). The summed E-state index contributed by atoms with van der Waals surface area (Å²) >= 11 is 0. The van der Waals surface area contributed by atoms with Gasteiger partial charge in [-0.3, -0.25) is 9.59 Å². The number of aliphatic carboxylic acids is 1. The standard InChI is InChI=1S/C13H21NO5/c1-7-13(18,4-5-19-7)6-14-10(15)8-9(11(16)17)12(8,2)3/h7-9,18H,4-6H2,1-3H3,(H,14,15)(H,16,17). The van der Waals surface area contributed by atoms with Gasteiger partial charge in [-0.1, -0.05) is 13.8 Å². The number of hydrogen-bond donors (Lipinski definition) is 3. The van der Waals surface area contributed by atoms with E-state index in [-0.39, 0.29) is 18.6 Å². The largest absolute Gasteiger partial charge is 0.481 e. The molecule has 0 radical (unpaired) electrons. The SMILES string of the molecule is CC1OCCC1(O)CNC(=O)C1C(C(=O)O)C1(C)C. The monoisotopic (exact) mass is 271 g/mol. The summed E-state index contributed by atoms with van der Waals surface area (Å²) in [5.74, 6) is -2.41. The average Bonchev–Trinajstić information content (AvgIpc) is 2.74. The quantitative estimate of drug-likeness (QED) is 0.669. The Bertz CT molecular complexity index is 408. The summed E-state index contributed by atoms with van der Waals surface area (Å²) in [6.07, 6.45) is 0.153. The number of carbonyl (C=O) groups is 2. The van der Waals surface area contributed by atoms with Crippen molar-refractivity contribution in [3.63, 3.8) is 0 Å². The van der Waals surface area contributed by atoms with Crippen molar-refractivity contribution in [3.8, 4) is 0 Å². The highest BCUT2D eigenvalue weighted by Gasteiger charge is 2.66. The normalized spacial score (nSPS) is 39.9. The van der Waals surface area contributed by atoms with E-state index in [4.69, 9.17) is 9.84 Å². The van der Waals surface area contributed by atoms with Crippen LogP contribution in [0.3, 0.4) is 0 Å². The van der Waals surface area contributed by atoms with Gasteiger partial charge in [-0.25, -0.2) is 0 Å². The van der Waals surface area contributed by atoms with Gasteiger partial charge in [-0.15, -0.1) is 0 Å². The maximum Gasteiger partial charge on any atom is 0.307 e. The Hall–Kier alpha value is -1.14. The highest BCUT2D eigenvalue weighted by atomic mass is 16.5. The van der Waals surface area contributed by atoms with E-state index in [9.17, 15) is 14.7 Å². The molecule has 0 spiro atoms. The minimum atomic E-state index is -1.05. The molecule has 1 aliphatic carbocycles. The lowest BCUT2D eigenvalue weighted by atomic mass is 9.96. The summed E-state index contributed by atoms with van der Waals surface area (Å²) in [5, 5.41) is 22.0. The van der Waals surface area contributed by atoms with Crippen molar-refractivity contribution in [2.75, 3.05) is 13.2 Å². The first kappa shape index (κ1) is 14.3. The van der Waals surface area contributed by atoms with Crippen LogP contribution in [0.2, 0.25) is 0 Å². The van der Waals surface area contributed by atoms with Crippen LogP contribution in [0.25, 0.3) is 0 Å². The lowest BCUT2D eigenvalue weighted by molar-refractivity contribution is -0.140. The summed E-state index contributed by atoms with van der Waals surface area (Å²) in [6, 6.07) is 0. The van der Waals surface area contributed by atoms with Crippen molar-refractivity contribution in [3.05, 3.63) is 0 Å². The number of hydrogen-bond acceptors (Lipinski definition) is 4. The van der Waals surface area contributed by atoms with E-state index in [1.54, 1.807) is 20.8 Å². The van der Waals surface area contributed by atoms with E-state index < -0.39 is 28.8 Å². The molecule has 1 amide bonds. The Kier molecular flexibility index (Phi) is 3.35. The topological polar surface area (TPSA) is 95.9 Å². The van der Waals surface area contributed by atoms with E-state index in [0.717, 1.165) is 0 Å². The molecule has 2 aliphatic rings.